The Balaban J connectivity index is 1.52. The highest BCUT2D eigenvalue weighted by atomic mass is 32.2. The molecule has 2 amide bonds. The SMILES string of the molecule is CCCC[SH](C)CCNC(=O)CCNC(=O)C(O)C(C)(C)COP(=O)(O)OP(=O)(O)OC[C@@H]1O[C@H](n2cnc3c(N)ncnc32)[C@@H](O)[C@H]1OP(=O)(O)O. The first kappa shape index (κ1) is 45.3. The van der Waals surface area contributed by atoms with Crippen molar-refractivity contribution in [2.75, 3.05) is 49.8 Å². The van der Waals surface area contributed by atoms with E-state index >= 15 is 0 Å². The number of nitrogen functional groups attached to an aromatic ring is 1. The number of unbranched alkanes of at least 4 members (excludes halogenated alkanes) is 1. The van der Waals surface area contributed by atoms with Crippen molar-refractivity contribution in [2.24, 2.45) is 5.41 Å². The molecule has 3 rings (SSSR count). The molecule has 4 unspecified atom stereocenters. The molecule has 0 aliphatic carbocycles. The number of carbonyl (C=O) groups excluding carboxylic acids is 2. The third-order valence-electron chi connectivity index (χ3n) is 7.79. The average molecular weight is 840 g/mol. The maximum absolute atomic E-state index is 12.7. The Labute approximate surface area is 307 Å². The molecule has 0 bridgehead atoms. The molecule has 8 atom stereocenters. The fourth-order valence-corrected chi connectivity index (χ4v) is 9.27. The first-order valence-electron chi connectivity index (χ1n) is 16.1. The van der Waals surface area contributed by atoms with Gasteiger partial charge in [-0.2, -0.15) is 4.31 Å². The van der Waals surface area contributed by atoms with Crippen LogP contribution >= 0.6 is 34.4 Å². The number of amides is 2. The number of anilines is 1. The summed E-state index contributed by atoms with van der Waals surface area (Å²) in [4.78, 5) is 75.6. The van der Waals surface area contributed by atoms with Gasteiger partial charge in [0, 0.05) is 24.9 Å². The van der Waals surface area contributed by atoms with E-state index in [9.17, 15) is 53.1 Å². The van der Waals surface area contributed by atoms with Crippen LogP contribution in [0.4, 0.5) is 5.82 Å². The molecule has 53 heavy (non-hydrogen) atoms. The van der Waals surface area contributed by atoms with Crippen LogP contribution in [0.1, 0.15) is 46.3 Å². The predicted octanol–water partition coefficient (Wildman–Crippen LogP) is -0.164. The van der Waals surface area contributed by atoms with Crippen molar-refractivity contribution in [3.63, 3.8) is 0 Å². The predicted molar refractivity (Wildman–Crippen MR) is 189 cm³/mol. The Kier molecular flexibility index (Phi) is 16.4. The molecule has 2 aromatic heterocycles. The van der Waals surface area contributed by atoms with Crippen LogP contribution in [0.5, 0.6) is 0 Å². The lowest BCUT2D eigenvalue weighted by Gasteiger charge is -2.30. The molecule has 3 heterocycles. The summed E-state index contributed by atoms with van der Waals surface area (Å²) in [6.45, 7) is 3.13. The molecule has 27 heteroatoms. The Morgan fingerprint density at radius 3 is 2.42 bits per heavy atom. The number of nitrogens with zero attached hydrogens (tertiary/aromatic N) is 4. The van der Waals surface area contributed by atoms with Crippen LogP contribution in [0.15, 0.2) is 12.7 Å². The second-order valence-corrected chi connectivity index (χ2v) is 19.6. The van der Waals surface area contributed by atoms with Crippen molar-refractivity contribution in [1.82, 2.24) is 30.2 Å². The van der Waals surface area contributed by atoms with Crippen LogP contribution in [-0.4, -0.2) is 130 Å². The molecule has 0 aromatic carbocycles. The van der Waals surface area contributed by atoms with E-state index in [0.29, 0.717) is 6.54 Å². The van der Waals surface area contributed by atoms with Crippen LogP contribution < -0.4 is 16.4 Å². The molecule has 0 spiro atoms. The number of fused-ring (bicyclic) bond motifs is 1. The molecule has 304 valence electrons. The second kappa shape index (κ2) is 19.2. The number of nitrogens with one attached hydrogen (secondary N) is 2. The second-order valence-electron chi connectivity index (χ2n) is 12.7. The number of aliphatic hydroxyl groups excluding tert-OH is 2. The fourth-order valence-electron chi connectivity index (χ4n) is 4.87. The van der Waals surface area contributed by atoms with E-state index in [1.54, 1.807) is 0 Å². The molecule has 0 radical (unpaired) electrons. The number of phosphoric acid groups is 3. The van der Waals surface area contributed by atoms with Crippen LogP contribution in [0.2, 0.25) is 0 Å². The van der Waals surface area contributed by atoms with Gasteiger partial charge >= 0.3 is 23.5 Å². The van der Waals surface area contributed by atoms with Crippen molar-refractivity contribution in [3.05, 3.63) is 12.7 Å². The number of imidazole rings is 1. The van der Waals surface area contributed by atoms with E-state index in [1.807, 2.05) is 0 Å². The normalized spacial score (nSPS) is 23.2. The summed E-state index contributed by atoms with van der Waals surface area (Å²) in [6.07, 6.45) is -2.26. The Hall–Kier alpha value is -2.11. The summed E-state index contributed by atoms with van der Waals surface area (Å²) in [5.74, 6) is 0.764. The lowest BCUT2D eigenvalue weighted by atomic mass is 9.87. The Morgan fingerprint density at radius 1 is 1.08 bits per heavy atom. The standard InChI is InChI=1S/C26H48N7O16P3S/c1-5-6-10-53(4)11-9-28-17(34)7-8-29-24(37)21(36)26(2,3)13-46-52(43,44)49-51(41,42)45-12-16-20(48-50(38,39)40)19(35)25(47-16)33-15-32-18-22(27)30-14-31-23(18)33/h14-16,19-21,25,35-36,53H,5-13H2,1-4H3,(H,28,34)(H,29,37)(H,41,42)(H,43,44)(H2,27,30,31)(H2,38,39,40)/t16-,19-,20-,21?,25-/m0/s1. The van der Waals surface area contributed by atoms with E-state index in [1.165, 1.54) is 13.8 Å². The first-order valence-corrected chi connectivity index (χ1v) is 22.8. The zero-order valence-corrected chi connectivity index (χ0v) is 32.9. The molecular formula is C26H48N7O16P3S. The smallest absolute Gasteiger partial charge is 0.386 e. The maximum atomic E-state index is 12.7. The van der Waals surface area contributed by atoms with Crippen molar-refractivity contribution in [2.45, 2.75) is 70.7 Å². The monoisotopic (exact) mass is 839 g/mol. The summed E-state index contributed by atoms with van der Waals surface area (Å²) in [5, 5.41) is 26.6. The van der Waals surface area contributed by atoms with E-state index in [-0.39, 0.29) is 46.7 Å². The number of carbonyl (C=O) groups is 2. The zero-order valence-electron chi connectivity index (χ0n) is 29.3. The van der Waals surface area contributed by atoms with Crippen molar-refractivity contribution in [1.29, 1.82) is 0 Å². The van der Waals surface area contributed by atoms with Gasteiger partial charge in [0.1, 0.15) is 36.3 Å². The van der Waals surface area contributed by atoms with Crippen molar-refractivity contribution >= 4 is 63.2 Å². The molecule has 1 fully saturated rings. The number of aliphatic hydroxyl groups is 2. The van der Waals surface area contributed by atoms with Crippen LogP contribution in [0.25, 0.3) is 11.2 Å². The number of hydrogen-bond acceptors (Lipinski definition) is 16. The number of aromatic nitrogens is 4. The minimum absolute atomic E-state index is 0.0330. The van der Waals surface area contributed by atoms with Crippen molar-refractivity contribution < 1.29 is 75.7 Å². The highest BCUT2D eigenvalue weighted by molar-refractivity contribution is 8.16. The number of hydrogen-bond donors (Lipinski definition) is 10. The number of thiol groups is 1. The summed E-state index contributed by atoms with van der Waals surface area (Å²) < 4.78 is 62.1. The molecule has 0 saturated carbocycles. The van der Waals surface area contributed by atoms with Gasteiger partial charge in [0.2, 0.25) is 11.8 Å². The number of nitrogens with two attached hydrogens (primary N) is 1. The Bertz CT molecular complexity index is 1700. The summed E-state index contributed by atoms with van der Waals surface area (Å²) >= 11 is 0. The largest absolute Gasteiger partial charge is 0.481 e. The van der Waals surface area contributed by atoms with Crippen molar-refractivity contribution in [3.8, 4) is 0 Å². The Morgan fingerprint density at radius 2 is 1.75 bits per heavy atom. The lowest BCUT2D eigenvalue weighted by Crippen LogP contribution is -2.46. The topological polar surface area (TPSA) is 347 Å². The molecule has 1 saturated heterocycles. The average Bonchev–Trinajstić information content (AvgIpc) is 3.61. The van der Waals surface area contributed by atoms with E-state index in [0.717, 1.165) is 41.6 Å². The van der Waals surface area contributed by atoms with Gasteiger partial charge in [-0.1, -0.05) is 27.2 Å². The third-order valence-corrected chi connectivity index (χ3v) is 13.0. The first-order chi connectivity index (χ1) is 24.6. The van der Waals surface area contributed by atoms with Gasteiger partial charge in [0.05, 0.1) is 19.5 Å². The summed E-state index contributed by atoms with van der Waals surface area (Å²) in [6, 6.07) is 0. The van der Waals surface area contributed by atoms with Gasteiger partial charge in [0.15, 0.2) is 17.7 Å². The van der Waals surface area contributed by atoms with Gasteiger partial charge in [-0.05, 0) is 24.2 Å². The number of rotatable bonds is 22. The molecular weight excluding hydrogens is 791 g/mol. The van der Waals surface area contributed by atoms with Gasteiger partial charge in [-0.25, -0.2) is 28.6 Å². The highest BCUT2D eigenvalue weighted by Crippen LogP contribution is 2.61. The number of phosphoric ester groups is 3. The molecule has 23 nitrogen and oxygen atoms in total. The molecule has 1 aliphatic heterocycles. The summed E-state index contributed by atoms with van der Waals surface area (Å²) in [5.41, 5.74) is 4.33. The zero-order chi connectivity index (χ0) is 39.8. The third kappa shape index (κ3) is 13.9. The highest BCUT2D eigenvalue weighted by Gasteiger charge is 2.50. The van der Waals surface area contributed by atoms with E-state index < -0.39 is 78.6 Å². The minimum atomic E-state index is -5.54. The maximum Gasteiger partial charge on any atom is 0.481 e. The number of ether oxygens (including phenoxy) is 1. The van der Waals surface area contributed by atoms with E-state index in [2.05, 4.69) is 47.6 Å². The molecule has 10 N–H and O–H groups in total. The summed E-state index contributed by atoms with van der Waals surface area (Å²) in [7, 11) is -16.5. The quantitative estimate of drug-likeness (QED) is 0.0544. The lowest BCUT2D eigenvalue weighted by molar-refractivity contribution is -0.137. The van der Waals surface area contributed by atoms with Crippen LogP contribution in [0.3, 0.4) is 0 Å². The molecule has 1 aliphatic rings. The van der Waals surface area contributed by atoms with Gasteiger partial charge in [0.25, 0.3) is 0 Å². The van der Waals surface area contributed by atoms with Gasteiger partial charge in [-0.3, -0.25) is 38.6 Å². The van der Waals surface area contributed by atoms with E-state index in [4.69, 9.17) is 19.5 Å². The fraction of sp³-hybridized carbons (Fsp3) is 0.731. The van der Waals surface area contributed by atoms with Gasteiger partial charge < -0.3 is 50.9 Å². The van der Waals surface area contributed by atoms with Crippen LogP contribution in [-0.2, 0) is 45.9 Å². The van der Waals surface area contributed by atoms with Crippen LogP contribution in [0, 0.1) is 5.41 Å². The van der Waals surface area contributed by atoms with Gasteiger partial charge in [-0.15, -0.1) is 0 Å². The molecule has 2 aromatic rings. The minimum Gasteiger partial charge on any atom is -0.386 e.